The SMILES string of the molecule is CCC(=O)N1CCC(NC(=NC)NCCCCN2CCN(Cc3ccccc3)CC2)C1. The molecule has 0 saturated carbocycles. The standard InChI is InChI=1S/C24H40N6O/c1-3-23(31)30-14-11-22(20-30)27-24(25-2)26-12-7-8-13-28-15-17-29(18-16-28)19-21-9-5-4-6-10-21/h4-6,9-10,22H,3,7-8,11-20H2,1-2H3,(H2,25,26,27). The Morgan fingerprint density at radius 2 is 1.81 bits per heavy atom. The third-order valence-electron chi connectivity index (χ3n) is 6.32. The predicted octanol–water partition coefficient (Wildman–Crippen LogP) is 1.76. The van der Waals surface area contributed by atoms with Crippen molar-refractivity contribution in [2.45, 2.75) is 45.2 Å². The maximum atomic E-state index is 11.8. The first kappa shape index (κ1) is 23.5. The van der Waals surface area contributed by atoms with E-state index in [0.717, 1.165) is 71.2 Å². The van der Waals surface area contributed by atoms with Crippen LogP contribution in [0, 0.1) is 0 Å². The second kappa shape index (κ2) is 12.7. The molecule has 1 amide bonds. The lowest BCUT2D eigenvalue weighted by molar-refractivity contribution is -0.129. The summed E-state index contributed by atoms with van der Waals surface area (Å²) in [7, 11) is 1.81. The van der Waals surface area contributed by atoms with Gasteiger partial charge in [-0.05, 0) is 31.4 Å². The summed E-state index contributed by atoms with van der Waals surface area (Å²) in [6.45, 7) is 11.4. The Hall–Kier alpha value is -2.12. The zero-order chi connectivity index (χ0) is 21.9. The van der Waals surface area contributed by atoms with E-state index in [4.69, 9.17) is 0 Å². The van der Waals surface area contributed by atoms with Crippen LogP contribution in [0.4, 0.5) is 0 Å². The molecule has 0 radical (unpaired) electrons. The van der Waals surface area contributed by atoms with E-state index in [-0.39, 0.29) is 5.91 Å². The van der Waals surface area contributed by atoms with Gasteiger partial charge in [0.05, 0.1) is 0 Å². The molecule has 172 valence electrons. The van der Waals surface area contributed by atoms with E-state index in [1.54, 1.807) is 0 Å². The summed E-state index contributed by atoms with van der Waals surface area (Å²) in [4.78, 5) is 23.3. The van der Waals surface area contributed by atoms with E-state index in [1.807, 2.05) is 18.9 Å². The highest BCUT2D eigenvalue weighted by molar-refractivity contribution is 5.80. The van der Waals surface area contributed by atoms with Crippen molar-refractivity contribution < 1.29 is 4.79 Å². The molecule has 2 aliphatic rings. The number of carbonyl (C=O) groups excluding carboxylic acids is 1. The fourth-order valence-corrected chi connectivity index (χ4v) is 4.40. The first-order valence-corrected chi connectivity index (χ1v) is 11.9. The van der Waals surface area contributed by atoms with Gasteiger partial charge in [-0.25, -0.2) is 0 Å². The highest BCUT2D eigenvalue weighted by Crippen LogP contribution is 2.11. The van der Waals surface area contributed by atoms with Crippen LogP contribution in [-0.4, -0.2) is 92.0 Å². The van der Waals surface area contributed by atoms with Crippen molar-refractivity contribution >= 4 is 11.9 Å². The molecule has 2 saturated heterocycles. The quantitative estimate of drug-likeness (QED) is 0.357. The number of benzene rings is 1. The molecular weight excluding hydrogens is 388 g/mol. The molecule has 1 unspecified atom stereocenters. The highest BCUT2D eigenvalue weighted by atomic mass is 16.2. The number of amides is 1. The molecule has 0 aliphatic carbocycles. The molecule has 0 aromatic heterocycles. The molecule has 1 aromatic rings. The Bertz CT molecular complexity index is 687. The summed E-state index contributed by atoms with van der Waals surface area (Å²) in [5.41, 5.74) is 1.41. The maximum absolute atomic E-state index is 11.8. The summed E-state index contributed by atoms with van der Waals surface area (Å²) in [6.07, 6.45) is 3.91. The van der Waals surface area contributed by atoms with E-state index in [2.05, 4.69) is 55.8 Å². The molecule has 31 heavy (non-hydrogen) atoms. The normalized spacial score (nSPS) is 20.8. The number of carbonyl (C=O) groups is 1. The third kappa shape index (κ3) is 7.82. The fraction of sp³-hybridized carbons (Fsp3) is 0.667. The van der Waals surface area contributed by atoms with Gasteiger partial charge in [-0.1, -0.05) is 37.3 Å². The van der Waals surface area contributed by atoms with Gasteiger partial charge in [0.15, 0.2) is 5.96 Å². The second-order valence-corrected chi connectivity index (χ2v) is 8.63. The average molecular weight is 429 g/mol. The van der Waals surface area contributed by atoms with Gasteiger partial charge < -0.3 is 20.4 Å². The van der Waals surface area contributed by atoms with Gasteiger partial charge in [0.1, 0.15) is 0 Å². The van der Waals surface area contributed by atoms with Crippen LogP contribution in [0.1, 0.15) is 38.2 Å². The molecule has 0 spiro atoms. The lowest BCUT2D eigenvalue weighted by Crippen LogP contribution is -2.46. The average Bonchev–Trinajstić information content (AvgIpc) is 3.28. The summed E-state index contributed by atoms with van der Waals surface area (Å²) in [5.74, 6) is 1.10. The molecule has 0 bridgehead atoms. The Morgan fingerprint density at radius 1 is 1.06 bits per heavy atom. The Balaban J connectivity index is 1.24. The Labute approximate surface area is 187 Å². The van der Waals surface area contributed by atoms with Crippen LogP contribution in [0.5, 0.6) is 0 Å². The van der Waals surface area contributed by atoms with Crippen LogP contribution < -0.4 is 10.6 Å². The molecule has 2 aliphatic heterocycles. The predicted molar refractivity (Wildman–Crippen MR) is 127 cm³/mol. The van der Waals surface area contributed by atoms with E-state index in [9.17, 15) is 4.79 Å². The molecule has 3 rings (SSSR count). The molecule has 2 heterocycles. The molecule has 1 atom stereocenters. The van der Waals surface area contributed by atoms with Gasteiger partial charge >= 0.3 is 0 Å². The van der Waals surface area contributed by atoms with E-state index in [1.165, 1.54) is 18.5 Å². The number of piperazine rings is 1. The smallest absolute Gasteiger partial charge is 0.222 e. The van der Waals surface area contributed by atoms with Gasteiger partial charge in [0.2, 0.25) is 5.91 Å². The summed E-state index contributed by atoms with van der Waals surface area (Å²) < 4.78 is 0. The molecular formula is C24H40N6O. The molecule has 2 N–H and O–H groups in total. The van der Waals surface area contributed by atoms with Crippen molar-refractivity contribution in [3.8, 4) is 0 Å². The highest BCUT2D eigenvalue weighted by Gasteiger charge is 2.25. The van der Waals surface area contributed by atoms with Crippen LogP contribution in [0.3, 0.4) is 0 Å². The Kier molecular flexibility index (Phi) is 9.62. The zero-order valence-corrected chi connectivity index (χ0v) is 19.4. The lowest BCUT2D eigenvalue weighted by Gasteiger charge is -2.34. The van der Waals surface area contributed by atoms with Gasteiger partial charge in [-0.15, -0.1) is 0 Å². The summed E-state index contributed by atoms with van der Waals surface area (Å²) in [5, 5.41) is 6.90. The second-order valence-electron chi connectivity index (χ2n) is 8.63. The number of guanidine groups is 1. The van der Waals surface area contributed by atoms with Crippen LogP contribution in [0.25, 0.3) is 0 Å². The third-order valence-corrected chi connectivity index (χ3v) is 6.32. The number of aliphatic imine (C=N–C) groups is 1. The lowest BCUT2D eigenvalue weighted by atomic mass is 10.2. The number of hydrogen-bond acceptors (Lipinski definition) is 4. The van der Waals surface area contributed by atoms with Crippen molar-refractivity contribution in [1.29, 1.82) is 0 Å². The van der Waals surface area contributed by atoms with Crippen molar-refractivity contribution in [3.05, 3.63) is 35.9 Å². The zero-order valence-electron chi connectivity index (χ0n) is 19.4. The molecule has 1 aromatic carbocycles. The monoisotopic (exact) mass is 428 g/mol. The van der Waals surface area contributed by atoms with Gasteiger partial charge in [0.25, 0.3) is 0 Å². The molecule has 7 heteroatoms. The number of likely N-dealkylation sites (tertiary alicyclic amines) is 1. The largest absolute Gasteiger partial charge is 0.356 e. The minimum Gasteiger partial charge on any atom is -0.356 e. The number of hydrogen-bond donors (Lipinski definition) is 2. The maximum Gasteiger partial charge on any atom is 0.222 e. The summed E-state index contributed by atoms with van der Waals surface area (Å²) in [6, 6.07) is 11.1. The van der Waals surface area contributed by atoms with Gasteiger partial charge in [0, 0.05) is 71.9 Å². The number of unbranched alkanes of at least 4 members (excludes halogenated alkanes) is 1. The number of rotatable bonds is 9. The molecule has 7 nitrogen and oxygen atoms in total. The van der Waals surface area contributed by atoms with E-state index in [0.29, 0.717) is 12.5 Å². The van der Waals surface area contributed by atoms with E-state index < -0.39 is 0 Å². The van der Waals surface area contributed by atoms with Crippen molar-refractivity contribution in [1.82, 2.24) is 25.3 Å². The van der Waals surface area contributed by atoms with Gasteiger partial charge in [-0.3, -0.25) is 14.7 Å². The van der Waals surface area contributed by atoms with Crippen LogP contribution in [0.15, 0.2) is 35.3 Å². The minimum atomic E-state index is 0.244. The summed E-state index contributed by atoms with van der Waals surface area (Å²) >= 11 is 0. The first-order chi connectivity index (χ1) is 15.2. The van der Waals surface area contributed by atoms with Crippen LogP contribution >= 0.6 is 0 Å². The fourth-order valence-electron chi connectivity index (χ4n) is 4.40. The number of nitrogens with zero attached hydrogens (tertiary/aromatic N) is 4. The first-order valence-electron chi connectivity index (χ1n) is 11.9. The van der Waals surface area contributed by atoms with Crippen LogP contribution in [0.2, 0.25) is 0 Å². The Morgan fingerprint density at radius 3 is 2.52 bits per heavy atom. The van der Waals surface area contributed by atoms with Crippen LogP contribution in [-0.2, 0) is 11.3 Å². The van der Waals surface area contributed by atoms with Crippen molar-refractivity contribution in [2.75, 3.05) is 59.4 Å². The van der Waals surface area contributed by atoms with Crippen molar-refractivity contribution in [3.63, 3.8) is 0 Å². The molecule has 2 fully saturated rings. The van der Waals surface area contributed by atoms with Gasteiger partial charge in [-0.2, -0.15) is 0 Å². The topological polar surface area (TPSA) is 63.2 Å². The van der Waals surface area contributed by atoms with Crippen molar-refractivity contribution in [2.24, 2.45) is 4.99 Å². The number of nitrogens with one attached hydrogen (secondary N) is 2. The van der Waals surface area contributed by atoms with E-state index >= 15 is 0 Å². The minimum absolute atomic E-state index is 0.244.